The van der Waals surface area contributed by atoms with Crippen LogP contribution in [0, 0.1) is 5.92 Å². The van der Waals surface area contributed by atoms with E-state index in [1.165, 1.54) is 18.9 Å². The highest BCUT2D eigenvalue weighted by Crippen LogP contribution is 2.37. The summed E-state index contributed by atoms with van der Waals surface area (Å²) in [6.45, 7) is 2.09. The highest BCUT2D eigenvalue weighted by atomic mass is 32.2. The van der Waals surface area contributed by atoms with E-state index in [-0.39, 0.29) is 23.5 Å². The second kappa shape index (κ2) is 6.93. The Morgan fingerprint density at radius 2 is 2.29 bits per heavy atom. The summed E-state index contributed by atoms with van der Waals surface area (Å²) in [6.07, 6.45) is 4.01. The third-order valence-electron chi connectivity index (χ3n) is 3.38. The standard InChI is InChI=1S/C13H20N4O3S/c1-9(12(19)20-3)6-16(2)11(18)7-21-13-15-14-8-17(13)10-4-5-10/h8-10H,4-7H2,1-3H3. The van der Waals surface area contributed by atoms with Crippen LogP contribution in [0.3, 0.4) is 0 Å². The number of thioether (sulfide) groups is 1. The van der Waals surface area contributed by atoms with Crippen LogP contribution >= 0.6 is 11.8 Å². The van der Waals surface area contributed by atoms with Gasteiger partial charge in [0, 0.05) is 19.6 Å². The van der Waals surface area contributed by atoms with Crippen LogP contribution in [0.1, 0.15) is 25.8 Å². The van der Waals surface area contributed by atoms with E-state index >= 15 is 0 Å². The van der Waals surface area contributed by atoms with E-state index in [9.17, 15) is 9.59 Å². The molecule has 0 N–H and O–H groups in total. The zero-order chi connectivity index (χ0) is 15.4. The van der Waals surface area contributed by atoms with Crippen molar-refractivity contribution in [1.82, 2.24) is 19.7 Å². The summed E-state index contributed by atoms with van der Waals surface area (Å²) in [6, 6.07) is 0.495. The first-order valence-electron chi connectivity index (χ1n) is 6.87. The molecule has 1 atom stereocenters. The SMILES string of the molecule is COC(=O)C(C)CN(C)C(=O)CSc1nncn1C1CC1. The molecule has 1 saturated carbocycles. The summed E-state index contributed by atoms with van der Waals surface area (Å²) in [5, 5.41) is 8.72. The van der Waals surface area contributed by atoms with Gasteiger partial charge in [-0.2, -0.15) is 0 Å². The predicted octanol–water partition coefficient (Wildman–Crippen LogP) is 0.973. The van der Waals surface area contributed by atoms with Gasteiger partial charge in [0.1, 0.15) is 6.33 Å². The summed E-state index contributed by atoms with van der Waals surface area (Å²) < 4.78 is 6.68. The van der Waals surface area contributed by atoms with Gasteiger partial charge in [0.25, 0.3) is 0 Å². The highest BCUT2D eigenvalue weighted by molar-refractivity contribution is 7.99. The molecular weight excluding hydrogens is 292 g/mol. The lowest BCUT2D eigenvalue weighted by atomic mass is 10.2. The number of ether oxygens (including phenoxy) is 1. The van der Waals surface area contributed by atoms with Crippen molar-refractivity contribution in [2.24, 2.45) is 5.92 Å². The van der Waals surface area contributed by atoms with Gasteiger partial charge >= 0.3 is 5.97 Å². The van der Waals surface area contributed by atoms with Crippen LogP contribution < -0.4 is 0 Å². The minimum Gasteiger partial charge on any atom is -0.469 e. The van der Waals surface area contributed by atoms with Crippen LogP contribution in [0.4, 0.5) is 0 Å². The van der Waals surface area contributed by atoms with Crippen LogP contribution in [-0.4, -0.2) is 58.0 Å². The van der Waals surface area contributed by atoms with E-state index in [0.717, 1.165) is 18.0 Å². The molecule has 116 valence electrons. The Balaban J connectivity index is 1.80. The molecule has 0 aliphatic heterocycles. The summed E-state index contributed by atoms with van der Waals surface area (Å²) in [4.78, 5) is 25.0. The zero-order valence-electron chi connectivity index (χ0n) is 12.5. The lowest BCUT2D eigenvalue weighted by Crippen LogP contribution is -2.35. The predicted molar refractivity (Wildman–Crippen MR) is 77.8 cm³/mol. The third kappa shape index (κ3) is 4.20. The molecule has 0 saturated heterocycles. The Hall–Kier alpha value is -1.57. The molecule has 1 unspecified atom stereocenters. The molecular formula is C13H20N4O3S. The van der Waals surface area contributed by atoms with E-state index in [4.69, 9.17) is 0 Å². The molecule has 1 heterocycles. The maximum absolute atomic E-state index is 12.1. The van der Waals surface area contributed by atoms with Gasteiger partial charge in [-0.1, -0.05) is 18.7 Å². The Morgan fingerprint density at radius 3 is 2.90 bits per heavy atom. The number of carbonyl (C=O) groups excluding carboxylic acids is 2. The number of methoxy groups -OCH3 is 1. The van der Waals surface area contributed by atoms with Crippen LogP contribution in [0.2, 0.25) is 0 Å². The Kier molecular flexibility index (Phi) is 5.22. The molecule has 7 nitrogen and oxygen atoms in total. The van der Waals surface area contributed by atoms with Gasteiger partial charge in [-0.25, -0.2) is 0 Å². The molecule has 1 amide bonds. The quantitative estimate of drug-likeness (QED) is 0.551. The topological polar surface area (TPSA) is 77.3 Å². The Morgan fingerprint density at radius 1 is 1.57 bits per heavy atom. The van der Waals surface area contributed by atoms with Crippen molar-refractivity contribution in [3.05, 3.63) is 6.33 Å². The first kappa shape index (κ1) is 15.8. The van der Waals surface area contributed by atoms with E-state index in [1.807, 2.05) is 4.57 Å². The Labute approximate surface area is 128 Å². The molecule has 1 aromatic heterocycles. The number of rotatable bonds is 7. The normalized spacial score (nSPS) is 15.6. The van der Waals surface area contributed by atoms with Gasteiger partial charge < -0.3 is 14.2 Å². The van der Waals surface area contributed by atoms with E-state index < -0.39 is 0 Å². The zero-order valence-corrected chi connectivity index (χ0v) is 13.3. The molecule has 0 aromatic carbocycles. The van der Waals surface area contributed by atoms with Gasteiger partial charge in [-0.15, -0.1) is 10.2 Å². The number of hydrogen-bond acceptors (Lipinski definition) is 6. The molecule has 1 fully saturated rings. The van der Waals surface area contributed by atoms with Gasteiger partial charge in [0.15, 0.2) is 5.16 Å². The van der Waals surface area contributed by atoms with Crippen molar-refractivity contribution in [3.63, 3.8) is 0 Å². The second-order valence-corrected chi connectivity index (χ2v) is 6.18. The molecule has 2 rings (SSSR count). The minimum atomic E-state index is -0.330. The van der Waals surface area contributed by atoms with Crippen molar-refractivity contribution in [2.75, 3.05) is 26.5 Å². The van der Waals surface area contributed by atoms with E-state index in [1.54, 1.807) is 25.2 Å². The number of esters is 1. The number of amides is 1. The monoisotopic (exact) mass is 312 g/mol. The third-order valence-corrected chi connectivity index (χ3v) is 4.32. The molecule has 0 spiro atoms. The molecule has 0 radical (unpaired) electrons. The van der Waals surface area contributed by atoms with Crippen molar-refractivity contribution < 1.29 is 14.3 Å². The molecule has 1 aromatic rings. The van der Waals surface area contributed by atoms with Gasteiger partial charge in [-0.3, -0.25) is 9.59 Å². The molecule has 21 heavy (non-hydrogen) atoms. The largest absolute Gasteiger partial charge is 0.469 e. The van der Waals surface area contributed by atoms with Crippen molar-refractivity contribution in [3.8, 4) is 0 Å². The number of aromatic nitrogens is 3. The van der Waals surface area contributed by atoms with Gasteiger partial charge in [0.05, 0.1) is 18.8 Å². The van der Waals surface area contributed by atoms with E-state index in [0.29, 0.717) is 12.6 Å². The minimum absolute atomic E-state index is 0.0406. The number of carbonyl (C=O) groups is 2. The summed E-state index contributed by atoms with van der Waals surface area (Å²) in [7, 11) is 3.04. The van der Waals surface area contributed by atoms with E-state index in [2.05, 4.69) is 14.9 Å². The average molecular weight is 312 g/mol. The Bertz CT molecular complexity index is 515. The molecule has 0 bridgehead atoms. The smallest absolute Gasteiger partial charge is 0.310 e. The summed E-state index contributed by atoms with van der Waals surface area (Å²) in [5.74, 6) is -0.392. The van der Waals surface area contributed by atoms with Gasteiger partial charge in [-0.05, 0) is 12.8 Å². The lowest BCUT2D eigenvalue weighted by molar-refractivity contribution is -0.145. The lowest BCUT2D eigenvalue weighted by Gasteiger charge is -2.20. The fraction of sp³-hybridized carbons (Fsp3) is 0.692. The maximum Gasteiger partial charge on any atom is 0.310 e. The molecule has 8 heteroatoms. The molecule has 1 aliphatic rings. The van der Waals surface area contributed by atoms with Crippen molar-refractivity contribution in [1.29, 1.82) is 0 Å². The van der Waals surface area contributed by atoms with Crippen LogP contribution in [-0.2, 0) is 14.3 Å². The number of hydrogen-bond donors (Lipinski definition) is 0. The fourth-order valence-electron chi connectivity index (χ4n) is 1.96. The fourth-order valence-corrected chi connectivity index (χ4v) is 2.89. The number of nitrogens with zero attached hydrogens (tertiary/aromatic N) is 4. The van der Waals surface area contributed by atoms with Crippen LogP contribution in [0.5, 0.6) is 0 Å². The summed E-state index contributed by atoms with van der Waals surface area (Å²) in [5.41, 5.74) is 0. The average Bonchev–Trinajstić information content (AvgIpc) is 3.22. The summed E-state index contributed by atoms with van der Waals surface area (Å²) >= 11 is 1.38. The second-order valence-electron chi connectivity index (χ2n) is 5.24. The van der Waals surface area contributed by atoms with Gasteiger partial charge in [0.2, 0.25) is 5.91 Å². The van der Waals surface area contributed by atoms with Crippen molar-refractivity contribution >= 4 is 23.6 Å². The van der Waals surface area contributed by atoms with Crippen LogP contribution in [0.15, 0.2) is 11.5 Å². The highest BCUT2D eigenvalue weighted by Gasteiger charge is 2.26. The van der Waals surface area contributed by atoms with Crippen LogP contribution in [0.25, 0.3) is 0 Å². The first-order valence-corrected chi connectivity index (χ1v) is 7.85. The first-order chi connectivity index (χ1) is 10.0. The maximum atomic E-state index is 12.1. The molecule has 1 aliphatic carbocycles. The van der Waals surface area contributed by atoms with Crippen molar-refractivity contribution in [2.45, 2.75) is 31.0 Å².